The van der Waals surface area contributed by atoms with E-state index in [1.54, 1.807) is 12.4 Å². The fraction of sp³-hybridized carbons (Fsp3) is 0.143. The summed E-state index contributed by atoms with van der Waals surface area (Å²) in [6, 6.07) is 9.54. The van der Waals surface area contributed by atoms with Crippen molar-refractivity contribution in [1.29, 1.82) is 0 Å². The molecule has 1 aromatic carbocycles. The van der Waals surface area contributed by atoms with Crippen LogP contribution in [0.25, 0.3) is 0 Å². The second kappa shape index (κ2) is 4.78. The maximum absolute atomic E-state index is 12.0. The monoisotopic (exact) mass is 226 g/mol. The third kappa shape index (κ3) is 2.69. The Morgan fingerprint density at radius 1 is 1.24 bits per heavy atom. The summed E-state index contributed by atoms with van der Waals surface area (Å²) in [5.41, 5.74) is 3.45. The fourth-order valence-corrected chi connectivity index (χ4v) is 1.62. The number of anilines is 1. The summed E-state index contributed by atoms with van der Waals surface area (Å²) in [7, 11) is 0. The van der Waals surface area contributed by atoms with Gasteiger partial charge in [0.1, 0.15) is 0 Å². The zero-order chi connectivity index (χ0) is 12.3. The van der Waals surface area contributed by atoms with Crippen molar-refractivity contribution >= 4 is 11.6 Å². The van der Waals surface area contributed by atoms with Crippen LogP contribution in [0.3, 0.4) is 0 Å². The SMILES string of the molecule is Cc1cccc(NC(=O)c2cnccc2C)c1. The first-order valence-electron chi connectivity index (χ1n) is 5.45. The Bertz CT molecular complexity index is 549. The van der Waals surface area contributed by atoms with Gasteiger partial charge in [-0.25, -0.2) is 0 Å². The third-order valence-corrected chi connectivity index (χ3v) is 2.56. The van der Waals surface area contributed by atoms with Crippen molar-refractivity contribution < 1.29 is 4.79 Å². The highest BCUT2D eigenvalue weighted by molar-refractivity contribution is 6.05. The molecule has 2 aromatic rings. The summed E-state index contributed by atoms with van der Waals surface area (Å²) in [4.78, 5) is 16.0. The Hall–Kier alpha value is -2.16. The normalized spacial score (nSPS) is 10.0. The van der Waals surface area contributed by atoms with Crippen molar-refractivity contribution in [2.24, 2.45) is 0 Å². The predicted molar refractivity (Wildman–Crippen MR) is 68.1 cm³/mol. The molecule has 1 amide bonds. The van der Waals surface area contributed by atoms with E-state index in [-0.39, 0.29) is 5.91 Å². The Kier molecular flexibility index (Phi) is 3.19. The lowest BCUT2D eigenvalue weighted by atomic mass is 10.1. The first kappa shape index (κ1) is 11.3. The minimum absolute atomic E-state index is 0.124. The number of hydrogen-bond donors (Lipinski definition) is 1. The fourth-order valence-electron chi connectivity index (χ4n) is 1.62. The van der Waals surface area contributed by atoms with Crippen LogP contribution in [0, 0.1) is 13.8 Å². The summed E-state index contributed by atoms with van der Waals surface area (Å²) in [6.45, 7) is 3.89. The molecule has 0 bridgehead atoms. The van der Waals surface area contributed by atoms with Gasteiger partial charge in [-0.15, -0.1) is 0 Å². The van der Waals surface area contributed by atoms with Gasteiger partial charge in [0.2, 0.25) is 0 Å². The molecule has 1 N–H and O–H groups in total. The molecule has 0 aliphatic heterocycles. The molecule has 2 rings (SSSR count). The summed E-state index contributed by atoms with van der Waals surface area (Å²) >= 11 is 0. The van der Waals surface area contributed by atoms with Gasteiger partial charge < -0.3 is 5.32 Å². The van der Waals surface area contributed by atoms with Crippen LogP contribution in [0.1, 0.15) is 21.5 Å². The molecule has 0 aliphatic carbocycles. The first-order chi connectivity index (χ1) is 8.16. The van der Waals surface area contributed by atoms with E-state index in [9.17, 15) is 4.79 Å². The molecule has 86 valence electrons. The number of carbonyl (C=O) groups excluding carboxylic acids is 1. The summed E-state index contributed by atoms with van der Waals surface area (Å²) in [5.74, 6) is -0.124. The second-order valence-electron chi connectivity index (χ2n) is 4.01. The number of rotatable bonds is 2. The third-order valence-electron chi connectivity index (χ3n) is 2.56. The van der Waals surface area contributed by atoms with Gasteiger partial charge in [0.25, 0.3) is 5.91 Å². The number of amides is 1. The van der Waals surface area contributed by atoms with Crippen molar-refractivity contribution in [3.8, 4) is 0 Å². The number of pyridine rings is 1. The average Bonchev–Trinajstić information content (AvgIpc) is 2.29. The van der Waals surface area contributed by atoms with E-state index in [1.165, 1.54) is 0 Å². The molecule has 1 heterocycles. The van der Waals surface area contributed by atoms with Crippen LogP contribution >= 0.6 is 0 Å². The van der Waals surface area contributed by atoms with E-state index in [0.717, 1.165) is 16.8 Å². The van der Waals surface area contributed by atoms with Crippen molar-refractivity contribution in [2.75, 3.05) is 5.32 Å². The highest BCUT2D eigenvalue weighted by Gasteiger charge is 2.08. The molecule has 0 radical (unpaired) electrons. The molecule has 0 atom stereocenters. The Balaban J connectivity index is 2.20. The second-order valence-corrected chi connectivity index (χ2v) is 4.01. The molecule has 0 saturated heterocycles. The van der Waals surface area contributed by atoms with Gasteiger partial charge in [-0.2, -0.15) is 0 Å². The number of hydrogen-bond acceptors (Lipinski definition) is 2. The lowest BCUT2D eigenvalue weighted by Crippen LogP contribution is -2.13. The molecule has 1 aromatic heterocycles. The minimum atomic E-state index is -0.124. The molecule has 0 saturated carbocycles. The van der Waals surface area contributed by atoms with Crippen LogP contribution < -0.4 is 5.32 Å². The molecule has 17 heavy (non-hydrogen) atoms. The van der Waals surface area contributed by atoms with E-state index in [2.05, 4.69) is 10.3 Å². The first-order valence-corrected chi connectivity index (χ1v) is 5.45. The number of nitrogens with one attached hydrogen (secondary N) is 1. The zero-order valence-electron chi connectivity index (χ0n) is 9.90. The van der Waals surface area contributed by atoms with Crippen molar-refractivity contribution in [3.05, 3.63) is 59.4 Å². The molecular formula is C14H14N2O. The van der Waals surface area contributed by atoms with E-state index in [1.807, 2.05) is 44.2 Å². The minimum Gasteiger partial charge on any atom is -0.322 e. The highest BCUT2D eigenvalue weighted by Crippen LogP contribution is 2.12. The van der Waals surface area contributed by atoms with Gasteiger partial charge in [0.15, 0.2) is 0 Å². The zero-order valence-corrected chi connectivity index (χ0v) is 9.90. The van der Waals surface area contributed by atoms with Gasteiger partial charge in [-0.05, 0) is 43.2 Å². The van der Waals surface area contributed by atoms with E-state index < -0.39 is 0 Å². The van der Waals surface area contributed by atoms with Crippen LogP contribution in [0.2, 0.25) is 0 Å². The Labute approximate surface area is 101 Å². The lowest BCUT2D eigenvalue weighted by molar-refractivity contribution is 0.102. The Morgan fingerprint density at radius 2 is 2.06 bits per heavy atom. The molecule has 0 fully saturated rings. The number of aromatic nitrogens is 1. The molecular weight excluding hydrogens is 212 g/mol. The quantitative estimate of drug-likeness (QED) is 0.855. The maximum Gasteiger partial charge on any atom is 0.257 e. The molecule has 0 unspecified atom stereocenters. The van der Waals surface area contributed by atoms with Crippen LogP contribution in [0.15, 0.2) is 42.7 Å². The summed E-state index contributed by atoms with van der Waals surface area (Å²) < 4.78 is 0. The van der Waals surface area contributed by atoms with E-state index in [4.69, 9.17) is 0 Å². The molecule has 0 spiro atoms. The largest absolute Gasteiger partial charge is 0.322 e. The summed E-state index contributed by atoms with van der Waals surface area (Å²) in [6.07, 6.45) is 3.26. The number of benzene rings is 1. The summed E-state index contributed by atoms with van der Waals surface area (Å²) in [5, 5.41) is 2.86. The number of carbonyl (C=O) groups is 1. The predicted octanol–water partition coefficient (Wildman–Crippen LogP) is 2.95. The topological polar surface area (TPSA) is 42.0 Å². The van der Waals surface area contributed by atoms with Crippen LogP contribution in [0.5, 0.6) is 0 Å². The van der Waals surface area contributed by atoms with Crippen LogP contribution in [0.4, 0.5) is 5.69 Å². The van der Waals surface area contributed by atoms with Gasteiger partial charge in [0, 0.05) is 18.1 Å². The molecule has 0 aliphatic rings. The van der Waals surface area contributed by atoms with Gasteiger partial charge >= 0.3 is 0 Å². The maximum atomic E-state index is 12.0. The van der Waals surface area contributed by atoms with Gasteiger partial charge in [-0.3, -0.25) is 9.78 Å². The van der Waals surface area contributed by atoms with Crippen molar-refractivity contribution in [2.45, 2.75) is 13.8 Å². The van der Waals surface area contributed by atoms with Crippen LogP contribution in [-0.2, 0) is 0 Å². The molecule has 3 nitrogen and oxygen atoms in total. The molecule has 3 heteroatoms. The van der Waals surface area contributed by atoms with Crippen LogP contribution in [-0.4, -0.2) is 10.9 Å². The van der Waals surface area contributed by atoms with Crippen molar-refractivity contribution in [1.82, 2.24) is 4.98 Å². The smallest absolute Gasteiger partial charge is 0.257 e. The number of nitrogens with zero attached hydrogens (tertiary/aromatic N) is 1. The van der Waals surface area contributed by atoms with Gasteiger partial charge in [-0.1, -0.05) is 12.1 Å². The standard InChI is InChI=1S/C14H14N2O/c1-10-4-3-5-12(8-10)16-14(17)13-9-15-7-6-11(13)2/h3-9H,1-2H3,(H,16,17). The average molecular weight is 226 g/mol. The highest BCUT2D eigenvalue weighted by atomic mass is 16.1. The van der Waals surface area contributed by atoms with E-state index >= 15 is 0 Å². The Morgan fingerprint density at radius 3 is 2.76 bits per heavy atom. The van der Waals surface area contributed by atoms with Crippen molar-refractivity contribution in [3.63, 3.8) is 0 Å². The van der Waals surface area contributed by atoms with Gasteiger partial charge in [0.05, 0.1) is 5.56 Å². The number of aryl methyl sites for hydroxylation is 2. The van der Waals surface area contributed by atoms with E-state index in [0.29, 0.717) is 5.56 Å². The lowest BCUT2D eigenvalue weighted by Gasteiger charge is -2.07.